The summed E-state index contributed by atoms with van der Waals surface area (Å²) in [7, 11) is 0. The molecule has 0 atom stereocenters. The Bertz CT molecular complexity index is 1220. The lowest BCUT2D eigenvalue weighted by atomic mass is 10.1. The Morgan fingerprint density at radius 2 is 1.91 bits per heavy atom. The molecule has 0 bridgehead atoms. The van der Waals surface area contributed by atoms with Gasteiger partial charge in [-0.25, -0.2) is 0 Å². The largest absolute Gasteiger partial charge is 0.398 e. The molecule has 1 aromatic heterocycles. The van der Waals surface area contributed by atoms with Gasteiger partial charge in [-0.1, -0.05) is 29.8 Å². The number of nitrogens with one attached hydrogen (secondary N) is 2. The predicted molar refractivity (Wildman–Crippen MR) is 136 cm³/mol. The van der Waals surface area contributed by atoms with Crippen LogP contribution in [0.3, 0.4) is 0 Å². The summed E-state index contributed by atoms with van der Waals surface area (Å²) >= 11 is 7.09. The molecule has 0 aliphatic carbocycles. The second-order valence-corrected chi connectivity index (χ2v) is 8.98. The number of rotatable bonds is 6. The number of nitrogens with two attached hydrogens (primary N) is 1. The molecule has 11 heteroatoms. The van der Waals surface area contributed by atoms with E-state index in [1.54, 1.807) is 47.4 Å². The van der Waals surface area contributed by atoms with Crippen LogP contribution in [-0.2, 0) is 16.1 Å². The molecule has 1 aliphatic rings. The van der Waals surface area contributed by atoms with Gasteiger partial charge >= 0.3 is 0 Å². The average Bonchev–Trinajstić information content (AvgIpc) is 3.25. The van der Waals surface area contributed by atoms with E-state index >= 15 is 0 Å². The van der Waals surface area contributed by atoms with Crippen LogP contribution in [-0.4, -0.2) is 37.5 Å². The highest BCUT2D eigenvalue weighted by molar-refractivity contribution is 7.18. The van der Waals surface area contributed by atoms with Gasteiger partial charge in [0, 0.05) is 30.2 Å². The van der Waals surface area contributed by atoms with E-state index in [2.05, 4.69) is 10.6 Å². The molecular weight excluding hydrogens is 499 g/mol. The third-order valence-electron chi connectivity index (χ3n) is 5.08. The Balaban J connectivity index is 0.00000324. The van der Waals surface area contributed by atoms with Crippen molar-refractivity contribution in [3.05, 3.63) is 74.9 Å². The lowest BCUT2D eigenvalue weighted by Crippen LogP contribution is -2.41. The van der Waals surface area contributed by atoms with Crippen LogP contribution in [0.5, 0.6) is 0 Å². The molecule has 4 N–H and O–H groups in total. The molecule has 1 saturated heterocycles. The second-order valence-electron chi connectivity index (χ2n) is 7.27. The van der Waals surface area contributed by atoms with Crippen molar-refractivity contribution >= 4 is 70.1 Å². The van der Waals surface area contributed by atoms with E-state index in [0.29, 0.717) is 33.7 Å². The molecule has 178 valence electrons. The first-order chi connectivity index (χ1) is 15.9. The van der Waals surface area contributed by atoms with Crippen LogP contribution in [0.25, 0.3) is 0 Å². The number of benzene rings is 2. The third kappa shape index (κ3) is 5.87. The van der Waals surface area contributed by atoms with Gasteiger partial charge in [-0.15, -0.1) is 23.7 Å². The van der Waals surface area contributed by atoms with Crippen LogP contribution >= 0.6 is 35.3 Å². The van der Waals surface area contributed by atoms with Crippen molar-refractivity contribution < 1.29 is 19.1 Å². The zero-order valence-corrected chi connectivity index (χ0v) is 20.3. The van der Waals surface area contributed by atoms with E-state index in [4.69, 9.17) is 22.1 Å². The first-order valence-corrected chi connectivity index (χ1v) is 11.3. The molecule has 3 aromatic rings. The number of morpholine rings is 1. The van der Waals surface area contributed by atoms with Crippen molar-refractivity contribution in [3.63, 3.8) is 0 Å². The van der Waals surface area contributed by atoms with Gasteiger partial charge in [0.2, 0.25) is 0 Å². The van der Waals surface area contributed by atoms with E-state index in [0.717, 1.165) is 5.56 Å². The lowest BCUT2D eigenvalue weighted by Gasteiger charge is -2.27. The van der Waals surface area contributed by atoms with Crippen molar-refractivity contribution in [1.29, 1.82) is 0 Å². The van der Waals surface area contributed by atoms with Gasteiger partial charge in [-0.2, -0.15) is 0 Å². The zero-order valence-electron chi connectivity index (χ0n) is 17.9. The molecule has 4 rings (SSSR count). The molecule has 1 fully saturated rings. The van der Waals surface area contributed by atoms with Crippen molar-refractivity contribution in [2.24, 2.45) is 0 Å². The molecule has 2 aromatic carbocycles. The van der Waals surface area contributed by atoms with Crippen LogP contribution < -0.4 is 21.3 Å². The standard InChI is InChI=1S/C23H21ClN4O4S.ClH/c24-20-8-7-19(33-20)23(31)26-12-14-3-1-2-4-18(14)27-22(30)16-6-5-15(11-17(16)25)28-9-10-32-13-21(28)29;/h1-8,11H,9-10,12-13,25H2,(H,26,31)(H,27,30);1H. The van der Waals surface area contributed by atoms with Gasteiger partial charge in [0.25, 0.3) is 17.7 Å². The molecule has 0 spiro atoms. The quantitative estimate of drug-likeness (QED) is 0.425. The molecule has 2 heterocycles. The summed E-state index contributed by atoms with van der Waals surface area (Å²) in [5.41, 5.74) is 8.58. The summed E-state index contributed by atoms with van der Waals surface area (Å²) < 4.78 is 5.68. The lowest BCUT2D eigenvalue weighted by molar-refractivity contribution is -0.125. The van der Waals surface area contributed by atoms with Crippen LogP contribution in [0.15, 0.2) is 54.6 Å². The number of carbonyl (C=O) groups is 3. The fourth-order valence-corrected chi connectivity index (χ4v) is 4.36. The van der Waals surface area contributed by atoms with Crippen LogP contribution in [0.2, 0.25) is 4.34 Å². The number of halogens is 2. The van der Waals surface area contributed by atoms with Gasteiger partial charge in [0.1, 0.15) is 6.61 Å². The van der Waals surface area contributed by atoms with E-state index < -0.39 is 5.91 Å². The Morgan fingerprint density at radius 1 is 1.12 bits per heavy atom. The Kier molecular flexibility index (Phi) is 8.51. The van der Waals surface area contributed by atoms with Crippen LogP contribution in [0, 0.1) is 0 Å². The Hall–Kier alpha value is -3.11. The van der Waals surface area contributed by atoms with Crippen molar-refractivity contribution in [1.82, 2.24) is 5.32 Å². The number of hydrogen-bond acceptors (Lipinski definition) is 6. The molecule has 0 saturated carbocycles. The van der Waals surface area contributed by atoms with Gasteiger partial charge in [-0.3, -0.25) is 14.4 Å². The normalized spacial score (nSPS) is 13.2. The summed E-state index contributed by atoms with van der Waals surface area (Å²) in [5, 5.41) is 5.68. The first-order valence-electron chi connectivity index (χ1n) is 10.1. The fraction of sp³-hybridized carbons (Fsp3) is 0.174. The molecule has 1 aliphatic heterocycles. The summed E-state index contributed by atoms with van der Waals surface area (Å²) in [6.45, 7) is 1.12. The predicted octanol–water partition coefficient (Wildman–Crippen LogP) is 3.95. The minimum atomic E-state index is -0.392. The highest BCUT2D eigenvalue weighted by atomic mass is 35.5. The van der Waals surface area contributed by atoms with Crippen molar-refractivity contribution in [3.8, 4) is 0 Å². The van der Waals surface area contributed by atoms with Crippen molar-refractivity contribution in [2.75, 3.05) is 35.7 Å². The van der Waals surface area contributed by atoms with Gasteiger partial charge in [-0.05, 0) is 42.0 Å². The van der Waals surface area contributed by atoms with Gasteiger partial charge in [0.05, 0.1) is 21.4 Å². The zero-order chi connectivity index (χ0) is 23.4. The topological polar surface area (TPSA) is 114 Å². The maximum absolute atomic E-state index is 12.9. The van der Waals surface area contributed by atoms with Crippen LogP contribution in [0.1, 0.15) is 25.6 Å². The van der Waals surface area contributed by atoms with Gasteiger partial charge < -0.3 is 26.0 Å². The number of carbonyl (C=O) groups excluding carboxylic acids is 3. The first kappa shape index (κ1) is 25.5. The Labute approximate surface area is 211 Å². The second kappa shape index (κ2) is 11.3. The van der Waals surface area contributed by atoms with E-state index in [-0.39, 0.29) is 48.6 Å². The average molecular weight is 521 g/mol. The summed E-state index contributed by atoms with van der Waals surface area (Å²) in [6.07, 6.45) is 0. The number of nitrogens with zero attached hydrogens (tertiary/aromatic N) is 1. The monoisotopic (exact) mass is 520 g/mol. The Morgan fingerprint density at radius 3 is 2.62 bits per heavy atom. The maximum Gasteiger partial charge on any atom is 0.261 e. The number of nitrogen functional groups attached to an aromatic ring is 1. The molecule has 8 nitrogen and oxygen atoms in total. The summed E-state index contributed by atoms with van der Waals surface area (Å²) in [4.78, 5) is 39.4. The SMILES string of the molecule is Cl.Nc1cc(N2CCOCC2=O)ccc1C(=O)Nc1ccccc1CNC(=O)c1ccc(Cl)s1. The highest BCUT2D eigenvalue weighted by Crippen LogP contribution is 2.25. The number of para-hydroxylation sites is 1. The minimum Gasteiger partial charge on any atom is -0.398 e. The molecule has 3 amide bonds. The molecular formula is C23H22Cl2N4O4S. The number of hydrogen-bond donors (Lipinski definition) is 3. The smallest absolute Gasteiger partial charge is 0.261 e. The summed E-state index contributed by atoms with van der Waals surface area (Å²) in [6, 6.07) is 15.4. The minimum absolute atomic E-state index is 0. The summed E-state index contributed by atoms with van der Waals surface area (Å²) in [5.74, 6) is -0.791. The number of anilines is 3. The van der Waals surface area contributed by atoms with E-state index in [1.807, 2.05) is 12.1 Å². The maximum atomic E-state index is 12.9. The van der Waals surface area contributed by atoms with Crippen molar-refractivity contribution in [2.45, 2.75) is 6.54 Å². The van der Waals surface area contributed by atoms with Crippen LogP contribution in [0.4, 0.5) is 17.1 Å². The third-order valence-corrected chi connectivity index (χ3v) is 6.31. The van der Waals surface area contributed by atoms with E-state index in [9.17, 15) is 14.4 Å². The van der Waals surface area contributed by atoms with Gasteiger partial charge in [0.15, 0.2) is 0 Å². The highest BCUT2D eigenvalue weighted by Gasteiger charge is 2.22. The molecule has 0 radical (unpaired) electrons. The number of ether oxygens (including phenoxy) is 1. The number of amides is 3. The number of thiophene rings is 1. The van der Waals surface area contributed by atoms with E-state index in [1.165, 1.54) is 11.3 Å². The fourth-order valence-electron chi connectivity index (χ4n) is 3.40. The molecule has 0 unspecified atom stereocenters. The molecule has 34 heavy (non-hydrogen) atoms.